The Morgan fingerprint density at radius 2 is 1.96 bits per heavy atom. The smallest absolute Gasteiger partial charge is 0.224 e. The van der Waals surface area contributed by atoms with Gasteiger partial charge in [-0.3, -0.25) is 9.69 Å². The number of carbonyl (C=O) groups is 1. The van der Waals surface area contributed by atoms with Gasteiger partial charge in [-0.2, -0.15) is 0 Å². The summed E-state index contributed by atoms with van der Waals surface area (Å²) in [5, 5.41) is 3.11. The van der Waals surface area contributed by atoms with Crippen molar-refractivity contribution in [3.8, 4) is 0 Å². The van der Waals surface area contributed by atoms with E-state index in [1.54, 1.807) is 6.26 Å². The number of hydrogen-bond donors (Lipinski definition) is 1. The van der Waals surface area contributed by atoms with E-state index >= 15 is 0 Å². The minimum absolute atomic E-state index is 0.0665. The van der Waals surface area contributed by atoms with E-state index in [0.29, 0.717) is 13.0 Å². The quantitative estimate of drug-likeness (QED) is 0.870. The van der Waals surface area contributed by atoms with Gasteiger partial charge in [-0.15, -0.1) is 0 Å². The van der Waals surface area contributed by atoms with Crippen molar-refractivity contribution in [1.29, 1.82) is 0 Å². The number of likely N-dealkylation sites (tertiary alicyclic amines) is 1. The molecule has 2 aromatic rings. The van der Waals surface area contributed by atoms with E-state index < -0.39 is 0 Å². The van der Waals surface area contributed by atoms with Gasteiger partial charge in [0.2, 0.25) is 5.91 Å². The van der Waals surface area contributed by atoms with Crippen LogP contribution in [0.2, 0.25) is 0 Å². The number of nitrogens with zero attached hydrogens (tertiary/aromatic N) is 1. The van der Waals surface area contributed by atoms with E-state index in [2.05, 4.69) is 36.2 Å². The number of amides is 1. The third-order valence-corrected chi connectivity index (χ3v) is 5.13. The lowest BCUT2D eigenvalue weighted by Crippen LogP contribution is -2.40. The van der Waals surface area contributed by atoms with E-state index in [4.69, 9.17) is 4.42 Å². The number of nitrogens with one attached hydrogen (secondary N) is 1. The van der Waals surface area contributed by atoms with Crippen molar-refractivity contribution in [2.75, 3.05) is 19.6 Å². The van der Waals surface area contributed by atoms with Crippen LogP contribution in [0.5, 0.6) is 0 Å². The molecule has 3 rings (SSSR count). The fourth-order valence-corrected chi connectivity index (χ4v) is 3.49. The first-order valence-corrected chi connectivity index (χ1v) is 9.24. The zero-order valence-electron chi connectivity index (χ0n) is 15.3. The van der Waals surface area contributed by atoms with E-state index in [1.165, 1.54) is 30.4 Å². The molecule has 1 N–H and O–H groups in total. The predicted molar refractivity (Wildman–Crippen MR) is 99.5 cm³/mol. The lowest BCUT2D eigenvalue weighted by molar-refractivity contribution is -0.120. The third kappa shape index (κ3) is 4.73. The zero-order chi connectivity index (χ0) is 17.6. The molecule has 1 amide bonds. The van der Waals surface area contributed by atoms with Gasteiger partial charge in [0.05, 0.1) is 18.7 Å². The van der Waals surface area contributed by atoms with E-state index in [-0.39, 0.29) is 11.9 Å². The summed E-state index contributed by atoms with van der Waals surface area (Å²) in [6.45, 7) is 6.90. The molecule has 1 fully saturated rings. The minimum atomic E-state index is 0.0665. The molecule has 0 spiro atoms. The molecular formula is C21H28N2O2. The van der Waals surface area contributed by atoms with Crippen molar-refractivity contribution in [3.05, 3.63) is 59.0 Å². The Kier molecular flexibility index (Phi) is 5.92. The largest absolute Gasteiger partial charge is 0.468 e. The van der Waals surface area contributed by atoms with Crippen LogP contribution in [0.3, 0.4) is 0 Å². The molecule has 1 aliphatic heterocycles. The summed E-state index contributed by atoms with van der Waals surface area (Å²) in [5.41, 5.74) is 3.55. The van der Waals surface area contributed by atoms with Gasteiger partial charge in [-0.05, 0) is 68.6 Å². The van der Waals surface area contributed by atoms with E-state index in [9.17, 15) is 4.79 Å². The van der Waals surface area contributed by atoms with E-state index in [1.807, 2.05) is 18.2 Å². The number of benzene rings is 1. The maximum absolute atomic E-state index is 12.4. The van der Waals surface area contributed by atoms with Gasteiger partial charge < -0.3 is 9.73 Å². The number of furan rings is 1. The van der Waals surface area contributed by atoms with Gasteiger partial charge in [0.15, 0.2) is 0 Å². The summed E-state index contributed by atoms with van der Waals surface area (Å²) >= 11 is 0. The molecule has 25 heavy (non-hydrogen) atoms. The summed E-state index contributed by atoms with van der Waals surface area (Å²) in [5.74, 6) is 1.00. The van der Waals surface area contributed by atoms with Crippen LogP contribution in [0.25, 0.3) is 0 Å². The van der Waals surface area contributed by atoms with Crippen LogP contribution in [0, 0.1) is 13.8 Å². The molecule has 1 unspecified atom stereocenters. The molecule has 1 aromatic carbocycles. The number of aryl methyl sites for hydroxylation is 2. The Labute approximate surface area is 150 Å². The van der Waals surface area contributed by atoms with Gasteiger partial charge in [-0.25, -0.2) is 0 Å². The molecule has 4 nitrogen and oxygen atoms in total. The highest BCUT2D eigenvalue weighted by Crippen LogP contribution is 2.24. The number of carbonyl (C=O) groups excluding carboxylic acids is 1. The van der Waals surface area contributed by atoms with Crippen molar-refractivity contribution < 1.29 is 9.21 Å². The molecule has 0 radical (unpaired) electrons. The number of hydrogen-bond acceptors (Lipinski definition) is 3. The Bertz CT molecular complexity index is 688. The van der Waals surface area contributed by atoms with E-state index in [0.717, 1.165) is 24.4 Å². The average molecular weight is 340 g/mol. The highest BCUT2D eigenvalue weighted by Gasteiger charge is 2.24. The Balaban J connectivity index is 1.60. The summed E-state index contributed by atoms with van der Waals surface area (Å²) < 4.78 is 5.64. The summed E-state index contributed by atoms with van der Waals surface area (Å²) in [6, 6.07) is 10.3. The van der Waals surface area contributed by atoms with Gasteiger partial charge in [-0.1, -0.05) is 24.6 Å². The Morgan fingerprint density at radius 3 is 2.64 bits per heavy atom. The molecule has 0 aliphatic carbocycles. The van der Waals surface area contributed by atoms with Gasteiger partial charge in [0.1, 0.15) is 5.76 Å². The standard InChI is InChI=1S/C21H28N2O2/c1-16-8-9-18(13-17(16)2)14-21(24)22-15-19(20-7-6-12-25-20)23-10-4-3-5-11-23/h6-9,12-13,19H,3-5,10-11,14-15H2,1-2H3,(H,22,24). The summed E-state index contributed by atoms with van der Waals surface area (Å²) in [4.78, 5) is 14.8. The van der Waals surface area contributed by atoms with Crippen LogP contribution in [0.15, 0.2) is 41.0 Å². The Hall–Kier alpha value is -2.07. The molecule has 4 heteroatoms. The first-order valence-electron chi connectivity index (χ1n) is 9.24. The maximum Gasteiger partial charge on any atom is 0.224 e. The van der Waals surface area contributed by atoms with Crippen LogP contribution in [0.4, 0.5) is 0 Å². The molecule has 1 aliphatic rings. The van der Waals surface area contributed by atoms with Gasteiger partial charge in [0, 0.05) is 6.54 Å². The molecule has 0 saturated carbocycles. The van der Waals surface area contributed by atoms with Gasteiger partial charge >= 0.3 is 0 Å². The topological polar surface area (TPSA) is 45.5 Å². The normalized spacial score (nSPS) is 16.6. The average Bonchev–Trinajstić information content (AvgIpc) is 3.14. The zero-order valence-corrected chi connectivity index (χ0v) is 15.3. The molecular weight excluding hydrogens is 312 g/mol. The molecule has 1 atom stereocenters. The monoisotopic (exact) mass is 340 g/mol. The third-order valence-electron chi connectivity index (χ3n) is 5.13. The second-order valence-electron chi connectivity index (χ2n) is 7.03. The second-order valence-corrected chi connectivity index (χ2v) is 7.03. The van der Waals surface area contributed by atoms with Crippen LogP contribution < -0.4 is 5.32 Å². The van der Waals surface area contributed by atoms with Gasteiger partial charge in [0.25, 0.3) is 0 Å². The molecule has 134 valence electrons. The number of piperidine rings is 1. The summed E-state index contributed by atoms with van der Waals surface area (Å²) in [6.07, 6.45) is 5.86. The molecule has 0 bridgehead atoms. The van der Waals surface area contributed by atoms with Crippen molar-refractivity contribution in [3.63, 3.8) is 0 Å². The first-order chi connectivity index (χ1) is 12.1. The second kappa shape index (κ2) is 8.34. The van der Waals surface area contributed by atoms with Crippen molar-refractivity contribution in [2.24, 2.45) is 0 Å². The fourth-order valence-electron chi connectivity index (χ4n) is 3.49. The van der Waals surface area contributed by atoms with Crippen molar-refractivity contribution in [2.45, 2.75) is 45.6 Å². The van der Waals surface area contributed by atoms with Crippen molar-refractivity contribution in [1.82, 2.24) is 10.2 Å². The minimum Gasteiger partial charge on any atom is -0.468 e. The Morgan fingerprint density at radius 1 is 1.16 bits per heavy atom. The molecule has 1 saturated heterocycles. The first kappa shape index (κ1) is 17.7. The molecule has 1 aromatic heterocycles. The van der Waals surface area contributed by atoms with Crippen LogP contribution >= 0.6 is 0 Å². The molecule has 2 heterocycles. The SMILES string of the molecule is Cc1ccc(CC(=O)NCC(c2ccco2)N2CCCCC2)cc1C. The number of rotatable bonds is 6. The summed E-state index contributed by atoms with van der Waals surface area (Å²) in [7, 11) is 0. The fraction of sp³-hybridized carbons (Fsp3) is 0.476. The lowest BCUT2D eigenvalue weighted by Gasteiger charge is -2.33. The predicted octanol–water partition coefficient (Wildman–Crippen LogP) is 3.78. The maximum atomic E-state index is 12.4. The van der Waals surface area contributed by atoms with Crippen LogP contribution in [0.1, 0.15) is 47.8 Å². The van der Waals surface area contributed by atoms with Crippen molar-refractivity contribution >= 4 is 5.91 Å². The van der Waals surface area contributed by atoms with Crippen LogP contribution in [-0.4, -0.2) is 30.4 Å². The lowest BCUT2D eigenvalue weighted by atomic mass is 10.0. The highest BCUT2D eigenvalue weighted by molar-refractivity contribution is 5.78. The highest BCUT2D eigenvalue weighted by atomic mass is 16.3. The van der Waals surface area contributed by atoms with Crippen LogP contribution in [-0.2, 0) is 11.2 Å².